The van der Waals surface area contributed by atoms with E-state index in [2.05, 4.69) is 15.5 Å². The van der Waals surface area contributed by atoms with Crippen LogP contribution in [0.5, 0.6) is 11.5 Å². The maximum atomic E-state index is 10.2. The van der Waals surface area contributed by atoms with E-state index in [1.54, 1.807) is 12.1 Å². The lowest BCUT2D eigenvalue weighted by molar-refractivity contribution is 0.463. The maximum Gasteiger partial charge on any atom is 0.145 e. The molecule has 24 heavy (non-hydrogen) atoms. The first-order valence-corrected chi connectivity index (χ1v) is 7.48. The number of hydrogen-bond acceptors (Lipinski definition) is 5. The Balaban J connectivity index is 1.83. The fourth-order valence-electron chi connectivity index (χ4n) is 2.14. The number of nitrogens with zero attached hydrogens (tertiary/aromatic N) is 2. The number of hydrogen-bond donors (Lipinski definition) is 3. The van der Waals surface area contributed by atoms with Crippen LogP contribution in [0.1, 0.15) is 5.56 Å². The molecule has 3 N–H and O–H groups in total. The van der Waals surface area contributed by atoms with Crippen molar-refractivity contribution in [2.75, 3.05) is 5.32 Å². The molecular formula is C19H17N3O2. The van der Waals surface area contributed by atoms with Crippen LogP contribution in [0, 0.1) is 6.92 Å². The van der Waals surface area contributed by atoms with Crippen molar-refractivity contribution in [3.8, 4) is 11.5 Å². The van der Waals surface area contributed by atoms with Crippen LogP contribution in [0.25, 0.3) is 0 Å². The smallest absolute Gasteiger partial charge is 0.145 e. The molecule has 0 amide bonds. The molecule has 0 spiro atoms. The summed E-state index contributed by atoms with van der Waals surface area (Å²) in [5.74, 6) is -0.0857. The minimum atomic E-state index is -0.0675. The molecule has 3 rings (SSSR count). The van der Waals surface area contributed by atoms with Crippen molar-refractivity contribution in [1.29, 1.82) is 0 Å². The molecule has 5 heteroatoms. The number of phenols is 2. The van der Waals surface area contributed by atoms with Crippen molar-refractivity contribution in [3.63, 3.8) is 0 Å². The van der Waals surface area contributed by atoms with Gasteiger partial charge in [-0.25, -0.2) is 0 Å². The molecule has 3 aromatic rings. The summed E-state index contributed by atoms with van der Waals surface area (Å²) < 4.78 is 0. The van der Waals surface area contributed by atoms with Gasteiger partial charge in [0.2, 0.25) is 0 Å². The molecule has 0 radical (unpaired) electrons. The van der Waals surface area contributed by atoms with Crippen LogP contribution in [0.3, 0.4) is 0 Å². The Kier molecular flexibility index (Phi) is 4.43. The Hall–Kier alpha value is -3.34. The van der Waals surface area contributed by atoms with E-state index in [4.69, 9.17) is 0 Å². The van der Waals surface area contributed by atoms with Crippen molar-refractivity contribution in [3.05, 3.63) is 72.3 Å². The van der Waals surface area contributed by atoms with Crippen molar-refractivity contribution >= 4 is 22.7 Å². The van der Waals surface area contributed by atoms with Crippen LogP contribution < -0.4 is 5.32 Å². The van der Waals surface area contributed by atoms with Crippen molar-refractivity contribution in [2.45, 2.75) is 6.92 Å². The molecule has 0 aliphatic carbocycles. The van der Waals surface area contributed by atoms with Crippen LogP contribution in [0.15, 0.2) is 77.0 Å². The van der Waals surface area contributed by atoms with E-state index in [0.29, 0.717) is 11.4 Å². The molecule has 0 unspecified atom stereocenters. The third kappa shape index (κ3) is 3.70. The lowest BCUT2D eigenvalue weighted by atomic mass is 10.2. The van der Waals surface area contributed by atoms with E-state index in [9.17, 15) is 10.2 Å². The molecule has 0 saturated heterocycles. The molecule has 5 nitrogen and oxygen atoms in total. The third-order valence-corrected chi connectivity index (χ3v) is 3.45. The fraction of sp³-hybridized carbons (Fsp3) is 0.0526. The predicted octanol–water partition coefficient (Wildman–Crippen LogP) is 5.57. The summed E-state index contributed by atoms with van der Waals surface area (Å²) in [7, 11) is 0. The molecule has 0 aliphatic rings. The number of nitrogens with one attached hydrogen (secondary N) is 1. The monoisotopic (exact) mass is 319 g/mol. The number of rotatable bonds is 4. The summed E-state index contributed by atoms with van der Waals surface area (Å²) in [6, 6.07) is 19.7. The highest BCUT2D eigenvalue weighted by molar-refractivity contribution is 5.72. The first-order valence-electron chi connectivity index (χ1n) is 7.48. The Morgan fingerprint density at radius 3 is 2.21 bits per heavy atom. The normalized spacial score (nSPS) is 10.9. The number of azo groups is 1. The van der Waals surface area contributed by atoms with E-state index in [1.807, 2.05) is 49.4 Å². The van der Waals surface area contributed by atoms with Gasteiger partial charge in [-0.05, 0) is 31.2 Å². The topological polar surface area (TPSA) is 77.2 Å². The molecule has 0 bridgehead atoms. The van der Waals surface area contributed by atoms with Gasteiger partial charge in [-0.3, -0.25) is 0 Å². The SMILES string of the molecule is Cc1ccc(Nc2cc(O)c(N=Nc3ccccc3)cc2O)cc1. The number of benzene rings is 3. The number of phenolic OH excluding ortho intramolecular Hbond substituents is 2. The van der Waals surface area contributed by atoms with E-state index in [-0.39, 0.29) is 17.2 Å². The molecule has 0 atom stereocenters. The second-order valence-corrected chi connectivity index (χ2v) is 5.38. The van der Waals surface area contributed by atoms with Crippen LogP contribution in [-0.4, -0.2) is 10.2 Å². The summed E-state index contributed by atoms with van der Waals surface area (Å²) in [6.45, 7) is 2.00. The highest BCUT2D eigenvalue weighted by atomic mass is 16.3. The minimum absolute atomic E-state index is 0.0182. The second kappa shape index (κ2) is 6.83. The molecule has 3 aromatic carbocycles. The fourth-order valence-corrected chi connectivity index (χ4v) is 2.14. The predicted molar refractivity (Wildman–Crippen MR) is 94.9 cm³/mol. The maximum absolute atomic E-state index is 10.2. The molecule has 120 valence electrons. The lowest BCUT2D eigenvalue weighted by Gasteiger charge is -2.10. The van der Waals surface area contributed by atoms with Crippen LogP contribution in [-0.2, 0) is 0 Å². The summed E-state index contributed by atoms with van der Waals surface area (Å²) in [5.41, 5.74) is 3.22. The van der Waals surface area contributed by atoms with Crippen molar-refractivity contribution in [1.82, 2.24) is 0 Å². The van der Waals surface area contributed by atoms with Crippen molar-refractivity contribution in [2.24, 2.45) is 10.2 Å². The Bertz CT molecular complexity index is 860. The molecule has 0 aliphatic heterocycles. The van der Waals surface area contributed by atoms with Gasteiger partial charge in [0.1, 0.15) is 17.2 Å². The largest absolute Gasteiger partial charge is 0.506 e. The van der Waals surface area contributed by atoms with E-state index in [1.165, 1.54) is 12.1 Å². The Labute approximate surface area is 139 Å². The van der Waals surface area contributed by atoms with Gasteiger partial charge in [0.05, 0.1) is 11.4 Å². The van der Waals surface area contributed by atoms with Gasteiger partial charge in [0.15, 0.2) is 0 Å². The van der Waals surface area contributed by atoms with Gasteiger partial charge < -0.3 is 15.5 Å². The highest BCUT2D eigenvalue weighted by Crippen LogP contribution is 2.38. The highest BCUT2D eigenvalue weighted by Gasteiger charge is 2.09. The molecular weight excluding hydrogens is 302 g/mol. The van der Waals surface area contributed by atoms with Crippen molar-refractivity contribution < 1.29 is 10.2 Å². The first kappa shape index (κ1) is 15.6. The molecule has 0 aromatic heterocycles. The third-order valence-electron chi connectivity index (χ3n) is 3.45. The number of anilines is 2. The van der Waals surface area contributed by atoms with Gasteiger partial charge in [-0.15, -0.1) is 5.11 Å². The molecule has 0 fully saturated rings. The Morgan fingerprint density at radius 2 is 1.50 bits per heavy atom. The first-order chi connectivity index (χ1) is 11.6. The second-order valence-electron chi connectivity index (χ2n) is 5.38. The van der Waals surface area contributed by atoms with E-state index < -0.39 is 0 Å². The van der Waals surface area contributed by atoms with Gasteiger partial charge in [0.25, 0.3) is 0 Å². The van der Waals surface area contributed by atoms with Crippen LogP contribution in [0.2, 0.25) is 0 Å². The zero-order valence-corrected chi connectivity index (χ0v) is 13.1. The zero-order chi connectivity index (χ0) is 16.9. The summed E-state index contributed by atoms with van der Waals surface area (Å²) >= 11 is 0. The van der Waals surface area contributed by atoms with Gasteiger partial charge in [-0.1, -0.05) is 35.9 Å². The van der Waals surface area contributed by atoms with Crippen LogP contribution in [0.4, 0.5) is 22.7 Å². The summed E-state index contributed by atoms with van der Waals surface area (Å²) in [6.07, 6.45) is 0. The zero-order valence-electron chi connectivity index (χ0n) is 13.1. The van der Waals surface area contributed by atoms with Gasteiger partial charge in [-0.2, -0.15) is 5.11 Å². The minimum Gasteiger partial charge on any atom is -0.506 e. The van der Waals surface area contributed by atoms with E-state index in [0.717, 1.165) is 11.3 Å². The standard InChI is InChI=1S/C19H17N3O2/c1-13-7-9-14(10-8-13)20-16-11-19(24)17(12-18(16)23)22-21-15-5-3-2-4-6-15/h2-12,20,23-24H,1H3. The van der Waals surface area contributed by atoms with Gasteiger partial charge >= 0.3 is 0 Å². The molecule has 0 heterocycles. The quantitative estimate of drug-likeness (QED) is 0.334. The summed E-state index contributed by atoms with van der Waals surface area (Å²) in [5, 5.41) is 31.3. The average molecular weight is 319 g/mol. The number of aryl methyl sites for hydroxylation is 1. The Morgan fingerprint density at radius 1 is 0.792 bits per heavy atom. The summed E-state index contributed by atoms with van der Waals surface area (Å²) in [4.78, 5) is 0. The number of aromatic hydroxyl groups is 2. The van der Waals surface area contributed by atoms with E-state index >= 15 is 0 Å². The van der Waals surface area contributed by atoms with Crippen LogP contribution >= 0.6 is 0 Å². The lowest BCUT2D eigenvalue weighted by Crippen LogP contribution is -1.90. The molecule has 0 saturated carbocycles. The average Bonchev–Trinajstić information content (AvgIpc) is 2.59. The van der Waals surface area contributed by atoms with Gasteiger partial charge in [0, 0.05) is 17.8 Å².